The fourth-order valence-corrected chi connectivity index (χ4v) is 3.25. The number of hydrogen-bond donors (Lipinski definition) is 1. The first-order valence-electron chi connectivity index (χ1n) is 9.04. The van der Waals surface area contributed by atoms with Crippen LogP contribution in [0, 0.1) is 0 Å². The van der Waals surface area contributed by atoms with Crippen LogP contribution in [-0.2, 0) is 4.74 Å². The van der Waals surface area contributed by atoms with Crippen LogP contribution in [-0.4, -0.2) is 44.3 Å². The van der Waals surface area contributed by atoms with E-state index in [-0.39, 0.29) is 18.1 Å². The molecule has 6 nitrogen and oxygen atoms in total. The number of nitrogens with zero attached hydrogens (tertiary/aromatic N) is 1. The molecular weight excluding hydrogens is 344 g/mol. The maximum Gasteiger partial charge on any atom is 0.258 e. The summed E-state index contributed by atoms with van der Waals surface area (Å²) in [6, 6.07) is 13.4. The predicted molar refractivity (Wildman–Crippen MR) is 104 cm³/mol. The third-order valence-corrected chi connectivity index (χ3v) is 4.57. The number of rotatable bonds is 7. The molecule has 1 heterocycles. The molecule has 6 heteroatoms. The van der Waals surface area contributed by atoms with Crippen LogP contribution in [0.2, 0.25) is 0 Å². The van der Waals surface area contributed by atoms with Gasteiger partial charge in [-0.1, -0.05) is 18.2 Å². The largest absolute Gasteiger partial charge is 0.493 e. The van der Waals surface area contributed by atoms with Crippen molar-refractivity contribution in [3.05, 3.63) is 53.6 Å². The van der Waals surface area contributed by atoms with E-state index < -0.39 is 0 Å². The first-order valence-corrected chi connectivity index (χ1v) is 9.04. The molecule has 1 aliphatic heterocycles. The molecule has 0 aliphatic carbocycles. The van der Waals surface area contributed by atoms with Crippen molar-refractivity contribution >= 4 is 11.6 Å². The molecular formula is C21H26N2O4. The number of anilines is 1. The molecule has 27 heavy (non-hydrogen) atoms. The first-order chi connectivity index (χ1) is 13.1. The Hall–Kier alpha value is -2.73. The molecule has 1 aliphatic rings. The summed E-state index contributed by atoms with van der Waals surface area (Å²) in [6.45, 7) is 4.97. The lowest BCUT2D eigenvalue weighted by Crippen LogP contribution is -2.46. The average Bonchev–Trinajstić information content (AvgIpc) is 2.68. The number of fused-ring (bicyclic) bond motifs is 1. The Balaban J connectivity index is 1.95. The van der Waals surface area contributed by atoms with Crippen LogP contribution in [0.1, 0.15) is 35.9 Å². The molecule has 1 atom stereocenters. The molecule has 144 valence electrons. The zero-order chi connectivity index (χ0) is 19.4. The zero-order valence-corrected chi connectivity index (χ0v) is 16.2. The van der Waals surface area contributed by atoms with E-state index in [1.165, 1.54) is 0 Å². The van der Waals surface area contributed by atoms with Gasteiger partial charge in [-0.15, -0.1) is 0 Å². The van der Waals surface area contributed by atoms with E-state index in [1.54, 1.807) is 14.2 Å². The van der Waals surface area contributed by atoms with Crippen molar-refractivity contribution in [3.8, 4) is 11.5 Å². The van der Waals surface area contributed by atoms with Crippen molar-refractivity contribution in [2.24, 2.45) is 0 Å². The smallest absolute Gasteiger partial charge is 0.258 e. The summed E-state index contributed by atoms with van der Waals surface area (Å²) >= 11 is 0. The van der Waals surface area contributed by atoms with Gasteiger partial charge in [0.2, 0.25) is 0 Å². The van der Waals surface area contributed by atoms with Crippen molar-refractivity contribution in [2.75, 3.05) is 32.8 Å². The Labute approximate surface area is 160 Å². The maximum atomic E-state index is 13.1. The summed E-state index contributed by atoms with van der Waals surface area (Å²) in [6.07, 6.45) is -0.283. The Kier molecular flexibility index (Phi) is 5.86. The van der Waals surface area contributed by atoms with E-state index >= 15 is 0 Å². The van der Waals surface area contributed by atoms with Gasteiger partial charge in [0.1, 0.15) is 12.8 Å². The number of carbonyl (C=O) groups excluding carboxylic acids is 1. The van der Waals surface area contributed by atoms with Crippen LogP contribution in [0.3, 0.4) is 0 Å². The van der Waals surface area contributed by atoms with Gasteiger partial charge in [-0.05, 0) is 43.7 Å². The van der Waals surface area contributed by atoms with E-state index in [0.29, 0.717) is 30.3 Å². The molecule has 0 saturated carbocycles. The first kappa shape index (κ1) is 19.0. The summed E-state index contributed by atoms with van der Waals surface area (Å²) in [7, 11) is 3.24. The van der Waals surface area contributed by atoms with E-state index in [0.717, 1.165) is 11.3 Å². The molecule has 1 N–H and O–H groups in total. The number of benzene rings is 2. The molecule has 0 radical (unpaired) electrons. The van der Waals surface area contributed by atoms with E-state index in [4.69, 9.17) is 14.2 Å². The van der Waals surface area contributed by atoms with Crippen LogP contribution < -0.4 is 14.8 Å². The van der Waals surface area contributed by atoms with Crippen LogP contribution in [0.5, 0.6) is 11.5 Å². The van der Waals surface area contributed by atoms with Gasteiger partial charge in [0.25, 0.3) is 5.91 Å². The fraction of sp³-hybridized carbons (Fsp3) is 0.381. The summed E-state index contributed by atoms with van der Waals surface area (Å²) in [5.74, 6) is 1.29. The highest BCUT2D eigenvalue weighted by Crippen LogP contribution is 2.37. The Bertz CT molecular complexity index is 807. The number of hydrogen-bond acceptors (Lipinski definition) is 5. The van der Waals surface area contributed by atoms with Crippen molar-refractivity contribution in [3.63, 3.8) is 0 Å². The van der Waals surface area contributed by atoms with Crippen molar-refractivity contribution in [1.29, 1.82) is 0 Å². The second-order valence-corrected chi connectivity index (χ2v) is 6.65. The van der Waals surface area contributed by atoms with Crippen LogP contribution >= 0.6 is 0 Å². The normalized spacial score (nSPS) is 16.1. The number of nitrogens with one attached hydrogen (secondary N) is 1. The summed E-state index contributed by atoms with van der Waals surface area (Å²) in [4.78, 5) is 14.9. The topological polar surface area (TPSA) is 60.0 Å². The lowest BCUT2D eigenvalue weighted by molar-refractivity contribution is 0.0616. The maximum absolute atomic E-state index is 13.1. The second kappa shape index (κ2) is 8.31. The Morgan fingerprint density at radius 1 is 1.07 bits per heavy atom. The van der Waals surface area contributed by atoms with Crippen LogP contribution in [0.4, 0.5) is 5.69 Å². The quantitative estimate of drug-likeness (QED) is 0.753. The van der Waals surface area contributed by atoms with Crippen molar-refractivity contribution in [1.82, 2.24) is 4.90 Å². The SMILES string of the molecule is COCCOc1ccc(C2Nc3ccccc3C(=O)N2C(C)C)cc1OC. The molecule has 1 amide bonds. The summed E-state index contributed by atoms with van der Waals surface area (Å²) in [5.41, 5.74) is 2.46. The van der Waals surface area contributed by atoms with E-state index in [9.17, 15) is 4.79 Å². The van der Waals surface area contributed by atoms with Crippen molar-refractivity contribution in [2.45, 2.75) is 26.1 Å². The Morgan fingerprint density at radius 3 is 2.56 bits per heavy atom. The summed E-state index contributed by atoms with van der Waals surface area (Å²) < 4.78 is 16.2. The van der Waals surface area contributed by atoms with Crippen molar-refractivity contribution < 1.29 is 19.0 Å². The van der Waals surface area contributed by atoms with E-state index in [1.807, 2.05) is 61.2 Å². The van der Waals surface area contributed by atoms with E-state index in [2.05, 4.69) is 5.32 Å². The molecule has 2 aromatic carbocycles. The number of carbonyl (C=O) groups is 1. The predicted octanol–water partition coefficient (Wildman–Crippen LogP) is 3.70. The highest BCUT2D eigenvalue weighted by Gasteiger charge is 2.34. The van der Waals surface area contributed by atoms with Gasteiger partial charge in [-0.25, -0.2) is 0 Å². The molecule has 0 spiro atoms. The van der Waals surface area contributed by atoms with Gasteiger partial charge < -0.3 is 24.4 Å². The third-order valence-electron chi connectivity index (χ3n) is 4.57. The van der Waals surface area contributed by atoms with Gasteiger partial charge in [-0.3, -0.25) is 4.79 Å². The van der Waals surface area contributed by atoms with Gasteiger partial charge >= 0.3 is 0 Å². The lowest BCUT2D eigenvalue weighted by atomic mass is 10.0. The highest BCUT2D eigenvalue weighted by molar-refractivity contribution is 6.01. The molecule has 2 aromatic rings. The second-order valence-electron chi connectivity index (χ2n) is 6.65. The average molecular weight is 370 g/mol. The molecule has 0 saturated heterocycles. The molecule has 1 unspecified atom stereocenters. The van der Waals surface area contributed by atoms with Crippen LogP contribution in [0.15, 0.2) is 42.5 Å². The minimum atomic E-state index is -0.283. The number of amides is 1. The summed E-state index contributed by atoms with van der Waals surface area (Å²) in [5, 5.41) is 3.49. The minimum absolute atomic E-state index is 0.0173. The molecule has 0 bridgehead atoms. The van der Waals surface area contributed by atoms with Gasteiger partial charge in [-0.2, -0.15) is 0 Å². The lowest BCUT2D eigenvalue weighted by Gasteiger charge is -2.40. The number of methoxy groups -OCH3 is 2. The van der Waals surface area contributed by atoms with Gasteiger partial charge in [0.15, 0.2) is 11.5 Å². The molecule has 3 rings (SSSR count). The fourth-order valence-electron chi connectivity index (χ4n) is 3.25. The Morgan fingerprint density at radius 2 is 1.85 bits per heavy atom. The van der Waals surface area contributed by atoms with Crippen LogP contribution in [0.25, 0.3) is 0 Å². The third kappa shape index (κ3) is 3.85. The number of ether oxygens (including phenoxy) is 3. The minimum Gasteiger partial charge on any atom is -0.493 e. The molecule has 0 aromatic heterocycles. The standard InChI is InChI=1S/C21H26N2O4/c1-14(2)23-20(22-17-8-6-5-7-16(17)21(23)24)15-9-10-18(19(13-15)26-4)27-12-11-25-3/h5-10,13-14,20,22H,11-12H2,1-4H3. The van der Waals surface area contributed by atoms with Gasteiger partial charge in [0, 0.05) is 18.8 Å². The monoisotopic (exact) mass is 370 g/mol. The van der Waals surface area contributed by atoms with Gasteiger partial charge in [0.05, 0.1) is 19.3 Å². The zero-order valence-electron chi connectivity index (χ0n) is 16.2. The number of para-hydroxylation sites is 1. The highest BCUT2D eigenvalue weighted by atomic mass is 16.5. The molecule has 0 fully saturated rings.